The van der Waals surface area contributed by atoms with E-state index in [-0.39, 0.29) is 18.1 Å². The van der Waals surface area contributed by atoms with Gasteiger partial charge in [0.25, 0.3) is 0 Å². The largest absolute Gasteiger partial charge is 0.416 e. The first-order chi connectivity index (χ1) is 9.07. The lowest BCUT2D eigenvalue weighted by molar-refractivity contribution is -0.143. The van der Waals surface area contributed by atoms with Gasteiger partial charge in [-0.25, -0.2) is 0 Å². The summed E-state index contributed by atoms with van der Waals surface area (Å²) in [7, 11) is 0. The van der Waals surface area contributed by atoms with Crippen LogP contribution in [0.2, 0.25) is 0 Å². The number of halogens is 6. The van der Waals surface area contributed by atoms with Crippen molar-refractivity contribution in [3.63, 3.8) is 0 Å². The fraction of sp³-hybridized carbons (Fsp3) is 0.462. The van der Waals surface area contributed by atoms with E-state index in [9.17, 15) is 31.1 Å². The normalized spacial score (nSPS) is 14.2. The second kappa shape index (κ2) is 5.85. The second-order valence-electron chi connectivity index (χ2n) is 4.42. The van der Waals surface area contributed by atoms with Crippen molar-refractivity contribution in [1.82, 2.24) is 0 Å². The van der Waals surface area contributed by atoms with Gasteiger partial charge in [0.1, 0.15) is 6.29 Å². The van der Waals surface area contributed by atoms with Gasteiger partial charge >= 0.3 is 12.4 Å². The van der Waals surface area contributed by atoms with Gasteiger partial charge in [-0.2, -0.15) is 26.3 Å². The Kier molecular flexibility index (Phi) is 4.83. The Balaban J connectivity index is 3.27. The molecule has 1 unspecified atom stereocenters. The zero-order valence-corrected chi connectivity index (χ0v) is 10.5. The van der Waals surface area contributed by atoms with Crippen molar-refractivity contribution in [2.24, 2.45) is 5.92 Å². The average Bonchev–Trinajstić information content (AvgIpc) is 2.33. The summed E-state index contributed by atoms with van der Waals surface area (Å²) >= 11 is 0. The molecule has 0 aliphatic carbocycles. The molecule has 0 saturated carbocycles. The monoisotopic (exact) mass is 298 g/mol. The summed E-state index contributed by atoms with van der Waals surface area (Å²) in [5.41, 5.74) is -2.86. The molecule has 0 spiro atoms. The van der Waals surface area contributed by atoms with Crippen LogP contribution >= 0.6 is 0 Å². The molecular formula is C13H12F6O. The maximum absolute atomic E-state index is 12.6. The van der Waals surface area contributed by atoms with E-state index >= 15 is 0 Å². The Morgan fingerprint density at radius 2 is 1.45 bits per heavy atom. The first-order valence-corrected chi connectivity index (χ1v) is 5.81. The SMILES string of the molecule is CCC(C=O)Cc1cc(C(F)(F)F)cc(C(F)(F)F)c1. The Morgan fingerprint density at radius 1 is 1.00 bits per heavy atom. The molecule has 0 radical (unpaired) electrons. The van der Waals surface area contributed by atoms with Crippen LogP contribution < -0.4 is 0 Å². The second-order valence-corrected chi connectivity index (χ2v) is 4.42. The summed E-state index contributed by atoms with van der Waals surface area (Å²) < 4.78 is 75.6. The number of aldehydes is 1. The smallest absolute Gasteiger partial charge is 0.303 e. The van der Waals surface area contributed by atoms with E-state index in [1.54, 1.807) is 6.92 Å². The lowest BCUT2D eigenvalue weighted by Crippen LogP contribution is -2.13. The molecule has 112 valence electrons. The Labute approximate surface area is 111 Å². The molecule has 0 aliphatic rings. The molecule has 1 aromatic rings. The molecule has 20 heavy (non-hydrogen) atoms. The summed E-state index contributed by atoms with van der Waals surface area (Å²) in [6.07, 6.45) is -8.99. The van der Waals surface area contributed by atoms with Crippen molar-refractivity contribution in [2.45, 2.75) is 32.1 Å². The van der Waals surface area contributed by atoms with Crippen molar-refractivity contribution >= 4 is 6.29 Å². The Bertz CT molecular complexity index is 442. The van der Waals surface area contributed by atoms with Crippen LogP contribution in [0.1, 0.15) is 30.0 Å². The van der Waals surface area contributed by atoms with Crippen LogP contribution in [-0.4, -0.2) is 6.29 Å². The molecule has 7 heteroatoms. The molecule has 0 bridgehead atoms. The molecule has 0 amide bonds. The molecule has 0 heterocycles. The van der Waals surface area contributed by atoms with Gasteiger partial charge < -0.3 is 4.79 Å². The molecule has 0 saturated heterocycles. The van der Waals surface area contributed by atoms with Crippen LogP contribution in [0.15, 0.2) is 18.2 Å². The standard InChI is InChI=1S/C13H12F6O/c1-2-8(7-20)3-9-4-10(12(14,15)16)6-11(5-9)13(17,18)19/h4-8H,2-3H2,1H3. The van der Waals surface area contributed by atoms with E-state index in [0.29, 0.717) is 24.8 Å². The maximum atomic E-state index is 12.6. The van der Waals surface area contributed by atoms with Gasteiger partial charge in [0.05, 0.1) is 11.1 Å². The van der Waals surface area contributed by atoms with Crippen molar-refractivity contribution in [1.29, 1.82) is 0 Å². The minimum atomic E-state index is -4.86. The number of carbonyl (C=O) groups excluding carboxylic acids is 1. The summed E-state index contributed by atoms with van der Waals surface area (Å²) in [4.78, 5) is 10.7. The molecule has 1 atom stereocenters. The minimum absolute atomic E-state index is 0.0748. The lowest BCUT2D eigenvalue weighted by Gasteiger charge is -2.15. The van der Waals surface area contributed by atoms with Crippen molar-refractivity contribution < 1.29 is 31.1 Å². The summed E-state index contributed by atoms with van der Waals surface area (Å²) in [5, 5.41) is 0. The van der Waals surface area contributed by atoms with Crippen LogP contribution in [0.3, 0.4) is 0 Å². The number of alkyl halides is 6. The number of rotatable bonds is 4. The molecular weight excluding hydrogens is 286 g/mol. The first-order valence-electron chi connectivity index (χ1n) is 5.81. The van der Waals surface area contributed by atoms with Crippen molar-refractivity contribution in [3.8, 4) is 0 Å². The van der Waals surface area contributed by atoms with Gasteiger partial charge in [-0.15, -0.1) is 0 Å². The van der Waals surface area contributed by atoms with E-state index in [4.69, 9.17) is 0 Å². The highest BCUT2D eigenvalue weighted by Gasteiger charge is 2.36. The highest BCUT2D eigenvalue weighted by Crippen LogP contribution is 2.36. The molecule has 0 N–H and O–H groups in total. The quantitative estimate of drug-likeness (QED) is 0.591. The zero-order valence-electron chi connectivity index (χ0n) is 10.5. The number of benzene rings is 1. The van der Waals surface area contributed by atoms with Crippen LogP contribution in [0, 0.1) is 5.92 Å². The van der Waals surface area contributed by atoms with Crippen LogP contribution in [0.4, 0.5) is 26.3 Å². The predicted octanol–water partition coefficient (Wildman–Crippen LogP) is 4.49. The van der Waals surface area contributed by atoms with Gasteiger partial charge in [-0.1, -0.05) is 6.92 Å². The van der Waals surface area contributed by atoms with Gasteiger partial charge in [0.15, 0.2) is 0 Å². The third-order valence-corrected chi connectivity index (χ3v) is 2.86. The van der Waals surface area contributed by atoms with Crippen molar-refractivity contribution in [2.75, 3.05) is 0 Å². The maximum Gasteiger partial charge on any atom is 0.416 e. The number of hydrogen-bond donors (Lipinski definition) is 0. The summed E-state index contributed by atoms with van der Waals surface area (Å²) in [6.45, 7) is 1.64. The highest BCUT2D eigenvalue weighted by molar-refractivity contribution is 5.54. The summed E-state index contributed by atoms with van der Waals surface area (Å²) in [6, 6.07) is 1.38. The Hall–Kier alpha value is -1.53. The van der Waals surface area contributed by atoms with Gasteiger partial charge in [0, 0.05) is 5.92 Å². The van der Waals surface area contributed by atoms with E-state index < -0.39 is 29.4 Å². The van der Waals surface area contributed by atoms with Crippen LogP contribution in [0.5, 0.6) is 0 Å². The predicted molar refractivity (Wildman–Crippen MR) is 60.0 cm³/mol. The third kappa shape index (κ3) is 4.25. The molecule has 1 nitrogen and oxygen atoms in total. The van der Waals surface area contributed by atoms with E-state index in [1.807, 2.05) is 0 Å². The minimum Gasteiger partial charge on any atom is -0.303 e. The molecule has 0 aliphatic heterocycles. The third-order valence-electron chi connectivity index (χ3n) is 2.86. The molecule has 0 fully saturated rings. The number of hydrogen-bond acceptors (Lipinski definition) is 1. The number of carbonyl (C=O) groups is 1. The zero-order chi connectivity index (χ0) is 15.6. The average molecular weight is 298 g/mol. The van der Waals surface area contributed by atoms with E-state index in [2.05, 4.69) is 0 Å². The fourth-order valence-corrected chi connectivity index (χ4v) is 1.73. The Morgan fingerprint density at radius 3 is 1.75 bits per heavy atom. The van der Waals surface area contributed by atoms with Gasteiger partial charge in [-0.3, -0.25) is 0 Å². The van der Waals surface area contributed by atoms with E-state index in [1.165, 1.54) is 0 Å². The highest BCUT2D eigenvalue weighted by atomic mass is 19.4. The van der Waals surface area contributed by atoms with Gasteiger partial charge in [-0.05, 0) is 36.6 Å². The van der Waals surface area contributed by atoms with E-state index in [0.717, 1.165) is 0 Å². The summed E-state index contributed by atoms with van der Waals surface area (Å²) in [5.74, 6) is -0.598. The van der Waals surface area contributed by atoms with Crippen LogP contribution in [-0.2, 0) is 23.6 Å². The molecule has 1 rings (SSSR count). The van der Waals surface area contributed by atoms with Gasteiger partial charge in [0.2, 0.25) is 0 Å². The fourth-order valence-electron chi connectivity index (χ4n) is 1.73. The molecule has 1 aromatic carbocycles. The lowest BCUT2D eigenvalue weighted by atomic mass is 9.95. The first kappa shape index (κ1) is 16.5. The molecule has 0 aromatic heterocycles. The topological polar surface area (TPSA) is 17.1 Å². The van der Waals surface area contributed by atoms with Crippen LogP contribution in [0.25, 0.3) is 0 Å². The van der Waals surface area contributed by atoms with Crippen molar-refractivity contribution in [3.05, 3.63) is 34.9 Å².